The fraction of sp³-hybridized carbons (Fsp3) is 0.286. The third-order valence-electron chi connectivity index (χ3n) is 5.26. The van der Waals surface area contributed by atoms with Crippen molar-refractivity contribution in [3.8, 4) is 11.5 Å². The van der Waals surface area contributed by atoms with E-state index in [1.165, 1.54) is 11.1 Å². The highest BCUT2D eigenvalue weighted by Gasteiger charge is 2.43. The molecule has 5 nitrogen and oxygen atoms in total. The summed E-state index contributed by atoms with van der Waals surface area (Å²) in [7, 11) is 1.66. The molecule has 2 aliphatic rings. The molecule has 2 aromatic rings. The van der Waals surface area contributed by atoms with Gasteiger partial charge in [-0.05, 0) is 60.5 Å². The molecule has 0 bridgehead atoms. The molecule has 2 atom stereocenters. The minimum atomic E-state index is -0.113. The summed E-state index contributed by atoms with van der Waals surface area (Å²) in [4.78, 5) is 12.3. The SMILES string of the molecule is COc1ccc2c(c1)C1=NN(C(C)=O)[C@@H](c3ccc(OC=S)cc3)[C@@H]1CC2. The van der Waals surface area contributed by atoms with Crippen molar-refractivity contribution in [1.29, 1.82) is 0 Å². The number of hydrogen-bond donors (Lipinski definition) is 0. The maximum absolute atomic E-state index is 12.3. The van der Waals surface area contributed by atoms with Crippen molar-refractivity contribution in [3.05, 3.63) is 59.2 Å². The summed E-state index contributed by atoms with van der Waals surface area (Å²) in [6, 6.07) is 13.7. The Bertz CT molecular complexity index is 924. The van der Waals surface area contributed by atoms with E-state index in [0.717, 1.165) is 35.4 Å². The molecule has 1 heterocycles. The standard InChI is InChI=1S/C21H20N2O3S/c1-13(24)23-21(15-4-7-16(8-5-15)26-12-27)18-10-6-14-3-9-17(25-2)11-19(14)20(18)22-23/h3-5,7-9,11-12,18,21H,6,10H2,1-2H3/t18-,21+/m1/s1. The highest BCUT2D eigenvalue weighted by atomic mass is 32.1. The summed E-state index contributed by atoms with van der Waals surface area (Å²) in [6.07, 6.45) is 1.90. The fourth-order valence-corrected chi connectivity index (χ4v) is 4.12. The van der Waals surface area contributed by atoms with E-state index in [2.05, 4.69) is 6.07 Å². The number of rotatable bonds is 4. The second kappa shape index (κ2) is 7.12. The van der Waals surface area contributed by atoms with Crippen LogP contribution in [0, 0.1) is 5.92 Å². The number of amides is 1. The zero-order chi connectivity index (χ0) is 19.0. The number of methoxy groups -OCH3 is 1. The molecule has 0 radical (unpaired) electrons. The highest BCUT2D eigenvalue weighted by Crippen LogP contribution is 2.44. The number of carbonyl (C=O) groups is 1. The van der Waals surface area contributed by atoms with Gasteiger partial charge in [0.1, 0.15) is 11.5 Å². The van der Waals surface area contributed by atoms with E-state index in [9.17, 15) is 4.79 Å². The van der Waals surface area contributed by atoms with Crippen LogP contribution >= 0.6 is 12.2 Å². The van der Waals surface area contributed by atoms with E-state index in [0.29, 0.717) is 5.75 Å². The molecule has 1 aliphatic heterocycles. The molecule has 1 amide bonds. The Hall–Kier alpha value is -2.73. The predicted octanol–water partition coefficient (Wildman–Crippen LogP) is 3.90. The van der Waals surface area contributed by atoms with Gasteiger partial charge in [0.25, 0.3) is 0 Å². The van der Waals surface area contributed by atoms with Gasteiger partial charge in [-0.25, -0.2) is 5.01 Å². The highest BCUT2D eigenvalue weighted by molar-refractivity contribution is 7.78. The van der Waals surface area contributed by atoms with Crippen LogP contribution < -0.4 is 9.47 Å². The summed E-state index contributed by atoms with van der Waals surface area (Å²) in [5.74, 6) is 1.58. The van der Waals surface area contributed by atoms with E-state index in [1.54, 1.807) is 19.0 Å². The van der Waals surface area contributed by atoms with Gasteiger partial charge in [-0.2, -0.15) is 5.10 Å². The third kappa shape index (κ3) is 3.10. The number of thiocarbonyl (C=S) groups is 1. The van der Waals surface area contributed by atoms with E-state index >= 15 is 0 Å². The van der Waals surface area contributed by atoms with Gasteiger partial charge in [0, 0.05) is 18.4 Å². The first-order chi connectivity index (χ1) is 13.1. The average molecular weight is 380 g/mol. The van der Waals surface area contributed by atoms with Gasteiger partial charge in [-0.15, -0.1) is 0 Å². The minimum absolute atomic E-state index is 0.0643. The van der Waals surface area contributed by atoms with Gasteiger partial charge in [-0.3, -0.25) is 4.79 Å². The van der Waals surface area contributed by atoms with Crippen LogP contribution in [0.3, 0.4) is 0 Å². The molecule has 4 rings (SSSR count). The van der Waals surface area contributed by atoms with E-state index < -0.39 is 0 Å². The summed E-state index contributed by atoms with van der Waals surface area (Å²) < 4.78 is 10.6. The number of aryl methyl sites for hydroxylation is 1. The summed E-state index contributed by atoms with van der Waals surface area (Å²) in [6.45, 7) is 1.56. The zero-order valence-electron chi connectivity index (χ0n) is 15.2. The second-order valence-electron chi connectivity index (χ2n) is 6.75. The molecule has 27 heavy (non-hydrogen) atoms. The molecule has 0 fully saturated rings. The molecule has 0 N–H and O–H groups in total. The lowest BCUT2D eigenvalue weighted by molar-refractivity contribution is -0.131. The number of hydrazone groups is 1. The van der Waals surface area contributed by atoms with Crippen molar-refractivity contribution < 1.29 is 14.3 Å². The van der Waals surface area contributed by atoms with Crippen LogP contribution in [-0.4, -0.2) is 29.3 Å². The number of benzene rings is 2. The molecule has 0 aromatic heterocycles. The largest absolute Gasteiger partial charge is 0.497 e. The Morgan fingerprint density at radius 3 is 2.63 bits per heavy atom. The van der Waals surface area contributed by atoms with Gasteiger partial charge < -0.3 is 9.47 Å². The number of hydrogen-bond acceptors (Lipinski definition) is 5. The molecule has 0 unspecified atom stereocenters. The zero-order valence-corrected chi connectivity index (χ0v) is 16.0. The Morgan fingerprint density at radius 1 is 1.22 bits per heavy atom. The third-order valence-corrected chi connectivity index (χ3v) is 5.35. The monoisotopic (exact) mass is 380 g/mol. The molecule has 6 heteroatoms. The molecule has 2 aromatic carbocycles. The van der Waals surface area contributed by atoms with Crippen molar-refractivity contribution >= 4 is 29.4 Å². The van der Waals surface area contributed by atoms with Crippen LogP contribution in [0.2, 0.25) is 0 Å². The normalized spacial score (nSPS) is 20.4. The molecular weight excluding hydrogens is 360 g/mol. The van der Waals surface area contributed by atoms with Crippen LogP contribution in [0.25, 0.3) is 0 Å². The molecular formula is C21H20N2O3S. The van der Waals surface area contributed by atoms with Crippen molar-refractivity contribution in [2.45, 2.75) is 25.8 Å². The molecule has 0 spiro atoms. The summed E-state index contributed by atoms with van der Waals surface area (Å²) >= 11 is 4.73. The van der Waals surface area contributed by atoms with Crippen LogP contribution in [0.1, 0.15) is 36.1 Å². The lowest BCUT2D eigenvalue weighted by Crippen LogP contribution is -2.31. The maximum Gasteiger partial charge on any atom is 0.240 e. The first-order valence-corrected chi connectivity index (χ1v) is 9.35. The Kier molecular flexibility index (Phi) is 4.66. The van der Waals surface area contributed by atoms with Gasteiger partial charge in [-0.1, -0.05) is 18.2 Å². The van der Waals surface area contributed by atoms with Crippen molar-refractivity contribution in [2.75, 3.05) is 7.11 Å². The van der Waals surface area contributed by atoms with Crippen LogP contribution in [0.5, 0.6) is 11.5 Å². The van der Waals surface area contributed by atoms with Crippen molar-refractivity contribution in [1.82, 2.24) is 5.01 Å². The summed E-state index contributed by atoms with van der Waals surface area (Å²) in [5, 5.41) is 6.35. The number of carbonyl (C=O) groups excluding carboxylic acids is 1. The lowest BCUT2D eigenvalue weighted by Gasteiger charge is -2.29. The Balaban J connectivity index is 1.74. The van der Waals surface area contributed by atoms with E-state index in [4.69, 9.17) is 26.8 Å². The average Bonchev–Trinajstić information content (AvgIpc) is 3.09. The number of ether oxygens (including phenoxy) is 2. The quantitative estimate of drug-likeness (QED) is 0.755. The van der Waals surface area contributed by atoms with E-state index in [-0.39, 0.29) is 17.9 Å². The first kappa shape index (κ1) is 17.7. The predicted molar refractivity (Wildman–Crippen MR) is 107 cm³/mol. The Morgan fingerprint density at radius 2 is 1.96 bits per heavy atom. The fourth-order valence-electron chi connectivity index (χ4n) is 4.01. The van der Waals surface area contributed by atoms with Gasteiger partial charge in [0.2, 0.25) is 5.91 Å². The van der Waals surface area contributed by atoms with Crippen LogP contribution in [0.15, 0.2) is 47.6 Å². The molecule has 0 saturated heterocycles. The Labute approximate surface area is 163 Å². The molecule has 0 saturated carbocycles. The number of nitrogens with zero attached hydrogens (tertiary/aromatic N) is 2. The summed E-state index contributed by atoms with van der Waals surface area (Å²) in [5.41, 5.74) is 5.57. The molecule has 1 aliphatic carbocycles. The lowest BCUT2D eigenvalue weighted by atomic mass is 9.77. The van der Waals surface area contributed by atoms with E-state index in [1.807, 2.05) is 36.4 Å². The smallest absolute Gasteiger partial charge is 0.240 e. The van der Waals surface area contributed by atoms with Gasteiger partial charge >= 0.3 is 0 Å². The van der Waals surface area contributed by atoms with Crippen molar-refractivity contribution in [3.63, 3.8) is 0 Å². The first-order valence-electron chi connectivity index (χ1n) is 8.88. The van der Waals surface area contributed by atoms with Crippen LogP contribution in [0.4, 0.5) is 0 Å². The minimum Gasteiger partial charge on any atom is -0.497 e. The maximum atomic E-state index is 12.3. The van der Waals surface area contributed by atoms with Gasteiger partial charge in [0.15, 0.2) is 5.55 Å². The molecule has 138 valence electrons. The van der Waals surface area contributed by atoms with Crippen LogP contribution in [-0.2, 0) is 11.2 Å². The van der Waals surface area contributed by atoms with Crippen molar-refractivity contribution in [2.24, 2.45) is 11.0 Å². The van der Waals surface area contributed by atoms with Gasteiger partial charge in [0.05, 0.1) is 18.9 Å². The number of fused-ring (bicyclic) bond motifs is 3. The topological polar surface area (TPSA) is 51.1 Å². The second-order valence-corrected chi connectivity index (χ2v) is 6.94.